The maximum absolute atomic E-state index is 12.5. The van der Waals surface area contributed by atoms with Gasteiger partial charge in [-0.1, -0.05) is 30.8 Å². The summed E-state index contributed by atoms with van der Waals surface area (Å²) in [7, 11) is -1.59. The lowest BCUT2D eigenvalue weighted by Crippen LogP contribution is -2.58. The molecule has 0 radical (unpaired) electrons. The monoisotopic (exact) mass is 422 g/mol. The second-order valence-corrected chi connectivity index (χ2v) is 10.5. The molecular formula is C23H26N4O2S. The molecule has 1 aliphatic heterocycles. The summed E-state index contributed by atoms with van der Waals surface area (Å²) in [5.74, 6) is -0.0681. The fourth-order valence-electron chi connectivity index (χ4n) is 3.87. The van der Waals surface area contributed by atoms with Crippen LogP contribution < -0.4 is 5.32 Å². The molecule has 1 heterocycles. The molecule has 6 nitrogen and oxygen atoms in total. The number of nitrogens with zero attached hydrogens (tertiary/aromatic N) is 2. The summed E-state index contributed by atoms with van der Waals surface area (Å²) in [6, 6.07) is 16.3. The van der Waals surface area contributed by atoms with Crippen molar-refractivity contribution < 1.29 is 8.42 Å². The molecule has 0 saturated carbocycles. The Balaban J connectivity index is 2.14. The standard InChI is InChI=1S/C23H26N4O2S/c1-15(2)30(28,29)20-11-9-18(10-12-20)21-16(3)27(5)22(25)26-23(21,4)19-8-6-7-17(13-19)14-24/h6-13,15,21H,3H2,1-2,4-5H3,(H2,25,26)/t21-,23+/m0/s1. The largest absolute Gasteiger partial charge is 0.346 e. The van der Waals surface area contributed by atoms with Gasteiger partial charge in [0.25, 0.3) is 0 Å². The second kappa shape index (κ2) is 7.62. The van der Waals surface area contributed by atoms with Gasteiger partial charge in [0.05, 0.1) is 33.2 Å². The van der Waals surface area contributed by atoms with Gasteiger partial charge in [0, 0.05) is 12.7 Å². The quantitative estimate of drug-likeness (QED) is 0.783. The summed E-state index contributed by atoms with van der Waals surface area (Å²) in [5, 5.41) is 20.5. The molecule has 0 bridgehead atoms. The lowest BCUT2D eigenvalue weighted by atomic mass is 9.72. The van der Waals surface area contributed by atoms with Gasteiger partial charge < -0.3 is 10.2 Å². The van der Waals surface area contributed by atoms with Gasteiger partial charge in [-0.25, -0.2) is 8.42 Å². The first-order chi connectivity index (χ1) is 14.0. The number of likely N-dealkylation sites (N-methyl/N-ethyl adjacent to an activating group) is 1. The molecule has 2 aromatic carbocycles. The van der Waals surface area contributed by atoms with E-state index >= 15 is 0 Å². The normalized spacial score (nSPS) is 22.0. The van der Waals surface area contributed by atoms with Crippen LogP contribution in [0.25, 0.3) is 0 Å². The van der Waals surface area contributed by atoms with E-state index < -0.39 is 20.6 Å². The Hall–Kier alpha value is -3.11. The van der Waals surface area contributed by atoms with Crippen LogP contribution in [0.4, 0.5) is 0 Å². The van der Waals surface area contributed by atoms with Crippen molar-refractivity contribution >= 4 is 15.8 Å². The highest BCUT2D eigenvalue weighted by atomic mass is 32.2. The van der Waals surface area contributed by atoms with Crippen molar-refractivity contribution in [3.63, 3.8) is 0 Å². The highest BCUT2D eigenvalue weighted by molar-refractivity contribution is 7.92. The first-order valence-electron chi connectivity index (χ1n) is 9.66. The third kappa shape index (κ3) is 3.48. The number of nitrogens with one attached hydrogen (secondary N) is 2. The fraction of sp³-hybridized carbons (Fsp3) is 0.304. The van der Waals surface area contributed by atoms with Crippen molar-refractivity contribution in [3.05, 3.63) is 77.5 Å². The Morgan fingerprint density at radius 3 is 2.43 bits per heavy atom. The van der Waals surface area contributed by atoms with E-state index in [2.05, 4.69) is 18.0 Å². The Bertz CT molecular complexity index is 1150. The maximum atomic E-state index is 12.5. The molecule has 30 heavy (non-hydrogen) atoms. The van der Waals surface area contributed by atoms with Gasteiger partial charge in [-0.15, -0.1) is 0 Å². The minimum Gasteiger partial charge on any atom is -0.346 e. The van der Waals surface area contributed by atoms with Crippen molar-refractivity contribution in [2.75, 3.05) is 7.05 Å². The SMILES string of the molecule is C=C1[C@@H](c2ccc(S(=O)(=O)C(C)C)cc2)[C@@](C)(c2cccc(C#N)c2)NC(=N)N1C. The van der Waals surface area contributed by atoms with Crippen molar-refractivity contribution in [1.82, 2.24) is 10.2 Å². The summed E-state index contributed by atoms with van der Waals surface area (Å²) < 4.78 is 25.0. The zero-order chi connectivity index (χ0) is 22.3. The zero-order valence-electron chi connectivity index (χ0n) is 17.6. The molecule has 7 heteroatoms. The highest BCUT2D eigenvalue weighted by Crippen LogP contribution is 2.45. The lowest BCUT2D eigenvalue weighted by molar-refractivity contribution is 0.292. The van der Waals surface area contributed by atoms with Gasteiger partial charge in [-0.05, 0) is 56.2 Å². The zero-order valence-corrected chi connectivity index (χ0v) is 18.4. The van der Waals surface area contributed by atoms with E-state index in [9.17, 15) is 13.7 Å². The molecule has 0 amide bonds. The van der Waals surface area contributed by atoms with Crippen LogP contribution in [-0.2, 0) is 15.4 Å². The average molecular weight is 423 g/mol. The maximum Gasteiger partial charge on any atom is 0.195 e. The van der Waals surface area contributed by atoms with Crippen LogP contribution in [0.1, 0.15) is 43.4 Å². The van der Waals surface area contributed by atoms with Gasteiger partial charge in [0.1, 0.15) is 0 Å². The van der Waals surface area contributed by atoms with Gasteiger partial charge >= 0.3 is 0 Å². The Morgan fingerprint density at radius 1 is 1.23 bits per heavy atom. The van der Waals surface area contributed by atoms with Crippen molar-refractivity contribution in [2.24, 2.45) is 0 Å². The average Bonchev–Trinajstić information content (AvgIpc) is 2.72. The van der Waals surface area contributed by atoms with Gasteiger partial charge in [-0.3, -0.25) is 5.41 Å². The number of nitriles is 1. The number of hydrogen-bond donors (Lipinski definition) is 2. The number of rotatable bonds is 4. The van der Waals surface area contributed by atoms with Crippen LogP contribution in [0.15, 0.2) is 65.7 Å². The number of hydrogen-bond acceptors (Lipinski definition) is 4. The van der Waals surface area contributed by atoms with Crippen LogP contribution in [-0.4, -0.2) is 31.6 Å². The van der Waals surface area contributed by atoms with E-state index in [1.807, 2.05) is 37.3 Å². The van der Waals surface area contributed by atoms with Crippen LogP contribution in [0, 0.1) is 16.7 Å². The summed E-state index contributed by atoms with van der Waals surface area (Å²) in [5.41, 5.74) is 2.22. The Kier molecular flexibility index (Phi) is 5.48. The minimum absolute atomic E-state index is 0.208. The number of benzene rings is 2. The smallest absolute Gasteiger partial charge is 0.195 e. The third-order valence-electron chi connectivity index (χ3n) is 5.81. The molecule has 1 aliphatic rings. The van der Waals surface area contributed by atoms with Crippen molar-refractivity contribution in [2.45, 2.75) is 42.4 Å². The number of guanidine groups is 1. The highest BCUT2D eigenvalue weighted by Gasteiger charge is 2.45. The van der Waals surface area contributed by atoms with E-state index in [-0.39, 0.29) is 16.8 Å². The van der Waals surface area contributed by atoms with E-state index in [0.29, 0.717) is 11.3 Å². The van der Waals surface area contributed by atoms with E-state index in [0.717, 1.165) is 11.1 Å². The fourth-order valence-corrected chi connectivity index (χ4v) is 4.93. The van der Waals surface area contributed by atoms with Gasteiger partial charge in [0.15, 0.2) is 15.8 Å². The molecule has 0 spiro atoms. The third-order valence-corrected chi connectivity index (χ3v) is 7.98. The predicted molar refractivity (Wildman–Crippen MR) is 118 cm³/mol. The molecular weight excluding hydrogens is 396 g/mol. The van der Waals surface area contributed by atoms with Gasteiger partial charge in [-0.2, -0.15) is 5.26 Å². The molecule has 0 aliphatic carbocycles. The summed E-state index contributed by atoms with van der Waals surface area (Å²) >= 11 is 0. The molecule has 0 aromatic heterocycles. The van der Waals surface area contributed by atoms with E-state index in [4.69, 9.17) is 5.41 Å². The summed E-state index contributed by atoms with van der Waals surface area (Å²) in [6.07, 6.45) is 0. The number of sulfone groups is 1. The summed E-state index contributed by atoms with van der Waals surface area (Å²) in [4.78, 5) is 1.96. The molecule has 156 valence electrons. The second-order valence-electron chi connectivity index (χ2n) is 8.01. The predicted octanol–water partition coefficient (Wildman–Crippen LogP) is 3.72. The minimum atomic E-state index is -3.37. The van der Waals surface area contributed by atoms with E-state index in [1.165, 1.54) is 0 Å². The van der Waals surface area contributed by atoms with Crippen LogP contribution in [0.2, 0.25) is 0 Å². The molecule has 2 atom stereocenters. The first kappa shape index (κ1) is 21.6. The Labute approximate surface area is 178 Å². The molecule has 2 aromatic rings. The summed E-state index contributed by atoms with van der Waals surface area (Å²) in [6.45, 7) is 9.53. The van der Waals surface area contributed by atoms with Crippen LogP contribution in [0.3, 0.4) is 0 Å². The first-order valence-corrected chi connectivity index (χ1v) is 11.2. The van der Waals surface area contributed by atoms with Crippen LogP contribution in [0.5, 0.6) is 0 Å². The van der Waals surface area contributed by atoms with Gasteiger partial charge in [0.2, 0.25) is 0 Å². The van der Waals surface area contributed by atoms with Crippen molar-refractivity contribution in [1.29, 1.82) is 10.7 Å². The van der Waals surface area contributed by atoms with Crippen LogP contribution >= 0.6 is 0 Å². The lowest BCUT2D eigenvalue weighted by Gasteiger charge is -2.48. The van der Waals surface area contributed by atoms with Crippen molar-refractivity contribution in [3.8, 4) is 6.07 Å². The van der Waals surface area contributed by atoms with E-state index in [1.54, 1.807) is 44.0 Å². The molecule has 1 fully saturated rings. The molecule has 0 unspecified atom stereocenters. The molecule has 1 saturated heterocycles. The topological polar surface area (TPSA) is 97.0 Å². The Morgan fingerprint density at radius 2 is 1.87 bits per heavy atom. The molecule has 2 N–H and O–H groups in total. The molecule has 3 rings (SSSR count).